The summed E-state index contributed by atoms with van der Waals surface area (Å²) in [6, 6.07) is 22.2. The molecule has 1 spiro atoms. The Morgan fingerprint density at radius 2 is 1.49 bits per heavy atom. The van der Waals surface area contributed by atoms with Crippen molar-refractivity contribution in [3.05, 3.63) is 100 Å². The number of likely N-dealkylation sites (tertiary alicyclic amines) is 1. The van der Waals surface area contributed by atoms with E-state index in [1.807, 2.05) is 65.6 Å². The zero-order valence-corrected chi connectivity index (χ0v) is 24.7. The van der Waals surface area contributed by atoms with Gasteiger partial charge in [0.2, 0.25) is 5.91 Å². The van der Waals surface area contributed by atoms with Gasteiger partial charge in [-0.3, -0.25) is 9.59 Å². The van der Waals surface area contributed by atoms with E-state index in [0.29, 0.717) is 39.1 Å². The molecule has 2 fully saturated rings. The van der Waals surface area contributed by atoms with Crippen LogP contribution in [0.3, 0.4) is 0 Å². The van der Waals surface area contributed by atoms with Crippen molar-refractivity contribution in [3.8, 4) is 0 Å². The molecule has 4 amide bonds. The number of carboxylic acid groups (broad SMARTS) is 1. The molecule has 10 nitrogen and oxygen atoms in total. The predicted octanol–water partition coefficient (Wildman–Crippen LogP) is 4.23. The summed E-state index contributed by atoms with van der Waals surface area (Å²) < 4.78 is 0. The van der Waals surface area contributed by atoms with Crippen molar-refractivity contribution < 1.29 is 24.3 Å². The van der Waals surface area contributed by atoms with Gasteiger partial charge < -0.3 is 30.4 Å². The summed E-state index contributed by atoms with van der Waals surface area (Å²) in [5.74, 6) is -2.08. The molecule has 224 valence electrons. The number of anilines is 1. The summed E-state index contributed by atoms with van der Waals surface area (Å²) in [5, 5.41) is 14.8. The maximum atomic E-state index is 13.9. The van der Waals surface area contributed by atoms with Gasteiger partial charge in [0.15, 0.2) is 0 Å². The lowest BCUT2D eigenvalue weighted by atomic mass is 9.85. The lowest BCUT2D eigenvalue weighted by Gasteiger charge is -2.43. The number of amides is 4. The topological polar surface area (TPSA) is 122 Å². The van der Waals surface area contributed by atoms with E-state index in [1.165, 1.54) is 12.1 Å². The van der Waals surface area contributed by atoms with E-state index in [0.717, 1.165) is 11.3 Å². The first kappa shape index (κ1) is 30.2. The van der Waals surface area contributed by atoms with Gasteiger partial charge in [0.1, 0.15) is 11.6 Å². The summed E-state index contributed by atoms with van der Waals surface area (Å²) in [6.45, 7) is 1.14. The number of hydrogen-bond acceptors (Lipinski definition) is 5. The highest BCUT2D eigenvalue weighted by molar-refractivity contribution is 6.39. The molecule has 3 aromatic rings. The summed E-state index contributed by atoms with van der Waals surface area (Å²) in [6.07, 6.45) is 0.813. The molecule has 3 aromatic carbocycles. The first-order valence-corrected chi connectivity index (χ1v) is 14.6. The zero-order chi connectivity index (χ0) is 30.6. The third-order valence-corrected chi connectivity index (χ3v) is 8.56. The fourth-order valence-corrected chi connectivity index (χ4v) is 6.22. The Labute approximate surface area is 259 Å². The number of carbonyl (C=O) groups is 4. The van der Waals surface area contributed by atoms with Crippen molar-refractivity contribution in [2.24, 2.45) is 0 Å². The Morgan fingerprint density at radius 1 is 0.884 bits per heavy atom. The number of halogens is 2. The van der Waals surface area contributed by atoms with Crippen LogP contribution in [0.25, 0.3) is 0 Å². The Morgan fingerprint density at radius 3 is 2.09 bits per heavy atom. The lowest BCUT2D eigenvalue weighted by molar-refractivity contribution is -0.139. The molecule has 0 aromatic heterocycles. The van der Waals surface area contributed by atoms with E-state index in [1.54, 1.807) is 11.0 Å². The van der Waals surface area contributed by atoms with E-state index in [2.05, 4.69) is 15.5 Å². The van der Waals surface area contributed by atoms with Crippen LogP contribution < -0.4 is 15.5 Å². The minimum atomic E-state index is -1.42. The van der Waals surface area contributed by atoms with Crippen LogP contribution in [0.2, 0.25) is 10.0 Å². The Balaban J connectivity index is 1.24. The first-order chi connectivity index (χ1) is 20.7. The molecule has 2 heterocycles. The van der Waals surface area contributed by atoms with Crippen molar-refractivity contribution in [1.29, 1.82) is 0 Å². The number of urea groups is 1. The van der Waals surface area contributed by atoms with Gasteiger partial charge in [-0.05, 0) is 42.7 Å². The largest absolute Gasteiger partial charge is 0.480 e. The zero-order valence-electron chi connectivity index (χ0n) is 23.2. The highest BCUT2D eigenvalue weighted by Crippen LogP contribution is 2.40. The molecule has 2 aliphatic rings. The number of hydrogen-bond donors (Lipinski definition) is 3. The molecule has 0 bridgehead atoms. The van der Waals surface area contributed by atoms with Crippen LogP contribution in [0.1, 0.15) is 28.8 Å². The van der Waals surface area contributed by atoms with Gasteiger partial charge in [0.25, 0.3) is 5.91 Å². The fraction of sp³-hybridized carbons (Fsp3) is 0.290. The summed E-state index contributed by atoms with van der Waals surface area (Å²) >= 11 is 12.2. The van der Waals surface area contributed by atoms with E-state index in [4.69, 9.17) is 23.2 Å². The summed E-state index contributed by atoms with van der Waals surface area (Å²) in [4.78, 5) is 57.2. The van der Waals surface area contributed by atoms with Crippen LogP contribution in [0.15, 0.2) is 78.9 Å². The highest BCUT2D eigenvalue weighted by atomic mass is 35.5. The number of nitrogens with one attached hydrogen (secondary N) is 2. The quantitative estimate of drug-likeness (QED) is 0.345. The molecule has 43 heavy (non-hydrogen) atoms. The van der Waals surface area contributed by atoms with Gasteiger partial charge in [-0.25, -0.2) is 9.59 Å². The van der Waals surface area contributed by atoms with Gasteiger partial charge in [-0.1, -0.05) is 77.8 Å². The third kappa shape index (κ3) is 6.40. The molecule has 0 aliphatic carbocycles. The normalized spacial score (nSPS) is 16.7. The van der Waals surface area contributed by atoms with Crippen molar-refractivity contribution in [2.45, 2.75) is 31.0 Å². The number of nitrogens with zero attached hydrogens (tertiary/aromatic N) is 3. The van der Waals surface area contributed by atoms with E-state index in [9.17, 15) is 24.3 Å². The lowest BCUT2D eigenvalue weighted by Crippen LogP contribution is -2.59. The monoisotopic (exact) mass is 623 g/mol. The number of rotatable bonds is 8. The predicted molar refractivity (Wildman–Crippen MR) is 163 cm³/mol. The molecule has 5 rings (SSSR count). The highest BCUT2D eigenvalue weighted by Gasteiger charge is 2.54. The minimum Gasteiger partial charge on any atom is -0.480 e. The Bertz CT molecular complexity index is 1480. The van der Waals surface area contributed by atoms with Gasteiger partial charge in [0, 0.05) is 25.3 Å². The molecular formula is C31H31Cl2N5O5. The molecule has 2 aliphatic heterocycles. The second kappa shape index (κ2) is 12.9. The number of benzene rings is 3. The maximum Gasteiger partial charge on any atom is 0.328 e. The Kier molecular flexibility index (Phi) is 9.08. The average Bonchev–Trinajstić information content (AvgIpc) is 3.26. The van der Waals surface area contributed by atoms with E-state index >= 15 is 0 Å². The number of para-hydroxylation sites is 1. The third-order valence-electron chi connectivity index (χ3n) is 7.93. The summed E-state index contributed by atoms with van der Waals surface area (Å²) in [5.41, 5.74) is 1.12. The van der Waals surface area contributed by atoms with Gasteiger partial charge in [0.05, 0.1) is 28.8 Å². The number of aliphatic carboxylic acids is 1. The standard InChI is InChI=1S/C31H31Cl2N5O5/c32-23-12-7-13-24(33)26(23)27(39)35-25(28(40)41)18-34-30(43)36-16-14-31(15-17-36)29(42)37(19-21-8-3-1-4-9-21)20-38(31)22-10-5-2-6-11-22/h1-13,25H,14-20H2,(H,34,43)(H,35,39)(H,40,41). The fourth-order valence-electron chi connectivity index (χ4n) is 5.65. The first-order valence-electron chi connectivity index (χ1n) is 13.9. The molecule has 2 saturated heterocycles. The van der Waals surface area contributed by atoms with Crippen molar-refractivity contribution in [2.75, 3.05) is 31.2 Å². The van der Waals surface area contributed by atoms with Crippen LogP contribution in [0, 0.1) is 0 Å². The van der Waals surface area contributed by atoms with Crippen molar-refractivity contribution >= 4 is 52.7 Å². The number of carboxylic acids is 1. The SMILES string of the molecule is O=C(NC(CNC(=O)N1CCC2(CC1)C(=O)N(Cc1ccccc1)CN2c1ccccc1)C(=O)O)c1c(Cl)cccc1Cl. The molecule has 0 saturated carbocycles. The molecular weight excluding hydrogens is 593 g/mol. The van der Waals surface area contributed by atoms with Gasteiger partial charge in [-0.15, -0.1) is 0 Å². The van der Waals surface area contributed by atoms with Crippen LogP contribution in [-0.2, 0) is 16.1 Å². The maximum absolute atomic E-state index is 13.9. The van der Waals surface area contributed by atoms with Crippen LogP contribution in [0.4, 0.5) is 10.5 Å². The van der Waals surface area contributed by atoms with Crippen LogP contribution in [-0.4, -0.2) is 76.6 Å². The van der Waals surface area contributed by atoms with Crippen LogP contribution in [0.5, 0.6) is 0 Å². The van der Waals surface area contributed by atoms with Gasteiger partial charge >= 0.3 is 12.0 Å². The van der Waals surface area contributed by atoms with Crippen LogP contribution >= 0.6 is 23.2 Å². The molecule has 0 radical (unpaired) electrons. The molecule has 1 unspecified atom stereocenters. The number of piperidine rings is 1. The minimum absolute atomic E-state index is 0.0205. The van der Waals surface area contributed by atoms with Crippen molar-refractivity contribution in [3.63, 3.8) is 0 Å². The van der Waals surface area contributed by atoms with Crippen molar-refractivity contribution in [1.82, 2.24) is 20.4 Å². The second-order valence-corrected chi connectivity index (χ2v) is 11.4. The van der Waals surface area contributed by atoms with Gasteiger partial charge in [-0.2, -0.15) is 0 Å². The molecule has 12 heteroatoms. The van der Waals surface area contributed by atoms with E-state index < -0.39 is 29.5 Å². The smallest absolute Gasteiger partial charge is 0.328 e. The Hall–Kier alpha value is -4.28. The average molecular weight is 625 g/mol. The molecule has 1 atom stereocenters. The summed E-state index contributed by atoms with van der Waals surface area (Å²) in [7, 11) is 0. The molecule has 3 N–H and O–H groups in total. The second-order valence-electron chi connectivity index (χ2n) is 10.6. The van der Waals surface area contributed by atoms with E-state index in [-0.39, 0.29) is 28.1 Å². The number of carbonyl (C=O) groups excluding carboxylic acids is 3.